The number of carboxylic acid groups (broad SMARTS) is 1. The first-order chi connectivity index (χ1) is 15.0. The highest BCUT2D eigenvalue weighted by molar-refractivity contribution is 7.95. The van der Waals surface area contributed by atoms with Gasteiger partial charge in [-0.15, -0.1) is 0 Å². The summed E-state index contributed by atoms with van der Waals surface area (Å²) in [5, 5.41) is 12.3. The topological polar surface area (TPSA) is 37.3 Å². The summed E-state index contributed by atoms with van der Waals surface area (Å²) in [5.74, 6) is -3.91. The van der Waals surface area contributed by atoms with E-state index in [0.717, 1.165) is 22.0 Å². The maximum Gasteiger partial charge on any atom is 0.338 e. The lowest BCUT2D eigenvalue weighted by atomic mass is 10.1. The van der Waals surface area contributed by atoms with Gasteiger partial charge in [0.1, 0.15) is 29.3 Å². The van der Waals surface area contributed by atoms with E-state index in [1.165, 1.54) is 6.07 Å². The molecule has 5 heteroatoms. The zero-order valence-corrected chi connectivity index (χ0v) is 17.5. The van der Waals surface area contributed by atoms with E-state index < -0.39 is 30.4 Å². The van der Waals surface area contributed by atoms with Crippen molar-refractivity contribution in [1.82, 2.24) is 0 Å². The summed E-state index contributed by atoms with van der Waals surface area (Å²) in [7, 11) is -2.41. The first-order valence-corrected chi connectivity index (χ1v) is 11.8. The minimum absolute atomic E-state index is 0.160. The molecular weight excluding hydrogens is 413 g/mol. The Balaban J connectivity index is 2.00. The van der Waals surface area contributed by atoms with Crippen molar-refractivity contribution in [3.8, 4) is 0 Å². The molecule has 0 heterocycles. The van der Waals surface area contributed by atoms with Crippen LogP contribution in [-0.4, -0.2) is 11.1 Å². The van der Waals surface area contributed by atoms with Crippen LogP contribution in [0.4, 0.5) is 8.78 Å². The van der Waals surface area contributed by atoms with Gasteiger partial charge < -0.3 is 5.11 Å². The van der Waals surface area contributed by atoms with E-state index in [4.69, 9.17) is 5.11 Å². The minimum atomic E-state index is -2.41. The predicted octanol–water partition coefficient (Wildman–Crippen LogP) is 5.16. The summed E-state index contributed by atoms with van der Waals surface area (Å²) in [6, 6.07) is 32.1. The molecule has 0 saturated heterocycles. The molecule has 0 amide bonds. The Morgan fingerprint density at radius 2 is 1.06 bits per heavy atom. The largest absolute Gasteiger partial charge is 0.478 e. The molecule has 0 atom stereocenters. The fraction of sp³-hybridized carbons (Fsp3) is 0.0385. The van der Waals surface area contributed by atoms with Crippen LogP contribution in [0, 0.1) is 11.6 Å². The number of benzene rings is 4. The molecule has 0 aliphatic carbocycles. The van der Waals surface area contributed by atoms with Gasteiger partial charge in [0.2, 0.25) is 0 Å². The van der Waals surface area contributed by atoms with Crippen LogP contribution in [0.2, 0.25) is 0 Å². The monoisotopic (exact) mass is 433 g/mol. The molecule has 31 heavy (non-hydrogen) atoms. The lowest BCUT2D eigenvalue weighted by molar-refractivity contribution is 0.0690. The second-order valence-electron chi connectivity index (χ2n) is 7.18. The van der Waals surface area contributed by atoms with Crippen LogP contribution >= 0.6 is 7.26 Å². The van der Waals surface area contributed by atoms with Crippen LogP contribution in [0.3, 0.4) is 0 Å². The fourth-order valence-corrected chi connectivity index (χ4v) is 8.14. The Kier molecular flexibility index (Phi) is 5.92. The highest BCUT2D eigenvalue weighted by Gasteiger charge is 2.46. The smallest absolute Gasteiger partial charge is 0.338 e. The number of halogens is 2. The van der Waals surface area contributed by atoms with E-state index in [1.807, 2.05) is 91.0 Å². The molecule has 154 valence electrons. The van der Waals surface area contributed by atoms with Crippen LogP contribution in [0.25, 0.3) is 0 Å². The molecular formula is C26H20F2O2P+. The zero-order chi connectivity index (χ0) is 21.8. The summed E-state index contributed by atoms with van der Waals surface area (Å²) in [6.07, 6.45) is 0.230. The van der Waals surface area contributed by atoms with Crippen molar-refractivity contribution < 1.29 is 18.7 Å². The first kappa shape index (κ1) is 20.9. The SMILES string of the molecule is O=C(O)c1ccc(C[P+](c2ccccc2)(c2ccccc2)c2ccccc2)c(F)c1F. The van der Waals surface area contributed by atoms with Gasteiger partial charge in [-0.25, -0.2) is 13.6 Å². The van der Waals surface area contributed by atoms with Gasteiger partial charge in [-0.3, -0.25) is 0 Å². The Morgan fingerprint density at radius 1 is 0.645 bits per heavy atom. The number of rotatable bonds is 6. The van der Waals surface area contributed by atoms with Gasteiger partial charge in [-0.05, 0) is 42.5 Å². The van der Waals surface area contributed by atoms with Crippen LogP contribution < -0.4 is 15.9 Å². The fourth-order valence-electron chi connectivity index (χ4n) is 3.90. The van der Waals surface area contributed by atoms with E-state index in [-0.39, 0.29) is 11.7 Å². The van der Waals surface area contributed by atoms with Crippen LogP contribution in [0.1, 0.15) is 15.9 Å². The second kappa shape index (κ2) is 8.79. The van der Waals surface area contributed by atoms with E-state index in [2.05, 4.69) is 0 Å². The summed E-state index contributed by atoms with van der Waals surface area (Å²) < 4.78 is 29.6. The summed E-state index contributed by atoms with van der Waals surface area (Å²) in [5.41, 5.74) is -0.503. The Labute approximate surface area is 180 Å². The molecule has 2 nitrogen and oxygen atoms in total. The second-order valence-corrected chi connectivity index (χ2v) is 10.7. The number of hydrogen-bond donors (Lipinski definition) is 1. The van der Waals surface area contributed by atoms with Crippen molar-refractivity contribution >= 4 is 29.1 Å². The summed E-state index contributed by atoms with van der Waals surface area (Å²) in [6.45, 7) is 0. The van der Waals surface area contributed by atoms with Gasteiger partial charge in [0.25, 0.3) is 0 Å². The molecule has 0 unspecified atom stereocenters. The third-order valence-corrected chi connectivity index (χ3v) is 9.75. The number of aromatic carboxylic acids is 1. The lowest BCUT2D eigenvalue weighted by Crippen LogP contribution is -2.32. The molecule has 4 aromatic carbocycles. The van der Waals surface area contributed by atoms with Gasteiger partial charge in [-0.2, -0.15) is 0 Å². The Morgan fingerprint density at radius 3 is 1.45 bits per heavy atom. The van der Waals surface area contributed by atoms with Gasteiger partial charge >= 0.3 is 5.97 Å². The molecule has 0 aromatic heterocycles. The van der Waals surface area contributed by atoms with Crippen molar-refractivity contribution in [2.45, 2.75) is 6.16 Å². The van der Waals surface area contributed by atoms with Crippen LogP contribution in [-0.2, 0) is 6.16 Å². The maximum absolute atomic E-state index is 15.1. The van der Waals surface area contributed by atoms with Crippen molar-refractivity contribution in [1.29, 1.82) is 0 Å². The summed E-state index contributed by atoms with van der Waals surface area (Å²) in [4.78, 5) is 11.2. The van der Waals surface area contributed by atoms with Gasteiger partial charge in [-0.1, -0.05) is 60.7 Å². The lowest BCUT2D eigenvalue weighted by Gasteiger charge is -2.28. The maximum atomic E-state index is 15.1. The highest BCUT2D eigenvalue weighted by atomic mass is 31.2. The molecule has 1 N–H and O–H groups in total. The van der Waals surface area contributed by atoms with E-state index in [1.54, 1.807) is 0 Å². The average molecular weight is 433 g/mol. The van der Waals surface area contributed by atoms with Crippen molar-refractivity contribution in [3.63, 3.8) is 0 Å². The highest BCUT2D eigenvalue weighted by Crippen LogP contribution is 2.58. The van der Waals surface area contributed by atoms with Crippen molar-refractivity contribution in [3.05, 3.63) is 126 Å². The number of carbonyl (C=O) groups is 1. The average Bonchev–Trinajstić information content (AvgIpc) is 2.81. The third kappa shape index (κ3) is 3.87. The van der Waals surface area contributed by atoms with Crippen molar-refractivity contribution in [2.24, 2.45) is 0 Å². The van der Waals surface area contributed by atoms with Gasteiger partial charge in [0.15, 0.2) is 11.6 Å². The Bertz CT molecular complexity index is 1100. The van der Waals surface area contributed by atoms with E-state index in [9.17, 15) is 9.18 Å². The molecule has 0 spiro atoms. The molecule has 0 aliphatic rings. The standard InChI is InChI=1S/C26H19F2O2P/c27-24-19(16-17-23(25(24)28)26(29)30)18-31(20-10-4-1-5-11-20,21-12-6-2-7-13-21)22-14-8-3-9-15-22/h1-17H,18H2/p+1. The number of hydrogen-bond acceptors (Lipinski definition) is 1. The van der Waals surface area contributed by atoms with Crippen LogP contribution in [0.5, 0.6) is 0 Å². The molecule has 0 aliphatic heterocycles. The first-order valence-electron chi connectivity index (χ1n) is 9.79. The molecule has 0 radical (unpaired) electrons. The van der Waals surface area contributed by atoms with Crippen molar-refractivity contribution in [2.75, 3.05) is 0 Å². The molecule has 0 fully saturated rings. The minimum Gasteiger partial charge on any atom is -0.478 e. The Hall–Kier alpha value is -3.36. The van der Waals surface area contributed by atoms with E-state index in [0.29, 0.717) is 0 Å². The zero-order valence-electron chi connectivity index (χ0n) is 16.6. The normalized spacial score (nSPS) is 11.3. The molecule has 4 rings (SSSR count). The van der Waals surface area contributed by atoms with Gasteiger partial charge in [0.05, 0.1) is 5.56 Å². The molecule has 0 saturated carbocycles. The van der Waals surface area contributed by atoms with Crippen LogP contribution in [0.15, 0.2) is 103 Å². The third-order valence-electron chi connectivity index (χ3n) is 5.39. The van der Waals surface area contributed by atoms with E-state index >= 15 is 4.39 Å². The van der Waals surface area contributed by atoms with Gasteiger partial charge in [0, 0.05) is 5.56 Å². The predicted molar refractivity (Wildman–Crippen MR) is 122 cm³/mol. The molecule has 0 bridgehead atoms. The molecule has 4 aromatic rings. The quantitative estimate of drug-likeness (QED) is 0.427. The number of carboxylic acids is 1. The summed E-state index contributed by atoms with van der Waals surface area (Å²) >= 11 is 0.